The quantitative estimate of drug-likeness (QED) is 0.872. The first-order valence-electron chi connectivity index (χ1n) is 5.86. The highest BCUT2D eigenvalue weighted by atomic mass is 15.3. The zero-order valence-corrected chi connectivity index (χ0v) is 9.74. The molecule has 2 N–H and O–H groups in total. The maximum Gasteiger partial charge on any atom is 0.135 e. The first kappa shape index (κ1) is 10.3. The highest BCUT2D eigenvalue weighted by Gasteiger charge is 2.30. The third-order valence-electron chi connectivity index (χ3n) is 3.29. The van der Waals surface area contributed by atoms with Gasteiger partial charge in [-0.05, 0) is 25.7 Å². The molecule has 0 aliphatic heterocycles. The van der Waals surface area contributed by atoms with Gasteiger partial charge in [0.05, 0.1) is 17.9 Å². The zero-order valence-electron chi connectivity index (χ0n) is 9.74. The second-order valence-corrected chi connectivity index (χ2v) is 4.58. The lowest BCUT2D eigenvalue weighted by Crippen LogP contribution is -2.07. The Morgan fingerprint density at radius 1 is 1.41 bits per heavy atom. The minimum absolute atomic E-state index is 0.419. The minimum Gasteiger partial charge on any atom is -0.396 e. The molecule has 0 spiro atoms. The van der Waals surface area contributed by atoms with Gasteiger partial charge in [-0.2, -0.15) is 5.10 Å². The summed E-state index contributed by atoms with van der Waals surface area (Å²) in [6.07, 6.45) is 9.46. The van der Waals surface area contributed by atoms with Crippen LogP contribution >= 0.6 is 0 Å². The van der Waals surface area contributed by atoms with E-state index in [2.05, 4.69) is 22.0 Å². The predicted octanol–water partition coefficient (Wildman–Crippen LogP) is 1.89. The molecule has 1 saturated carbocycles. The summed E-state index contributed by atoms with van der Waals surface area (Å²) in [5, 5.41) is 4.53. The van der Waals surface area contributed by atoms with E-state index in [0.29, 0.717) is 11.7 Å². The fourth-order valence-corrected chi connectivity index (χ4v) is 2.03. The van der Waals surface area contributed by atoms with Gasteiger partial charge in [-0.25, -0.2) is 0 Å². The van der Waals surface area contributed by atoms with Gasteiger partial charge in [0.25, 0.3) is 0 Å². The molecule has 17 heavy (non-hydrogen) atoms. The monoisotopic (exact) mass is 229 g/mol. The molecule has 88 valence electrons. The molecule has 2 aromatic rings. The Labute approximate surface area is 99.7 Å². The number of nitrogens with two attached hydrogens (primary N) is 1. The Morgan fingerprint density at radius 3 is 2.88 bits per heavy atom. The number of hydrogen-bond acceptors (Lipinski definition) is 4. The maximum atomic E-state index is 5.98. The molecule has 5 heteroatoms. The van der Waals surface area contributed by atoms with Crippen molar-refractivity contribution in [2.24, 2.45) is 5.92 Å². The molecule has 0 saturated heterocycles. The summed E-state index contributed by atoms with van der Waals surface area (Å²) in [4.78, 5) is 8.26. The summed E-state index contributed by atoms with van der Waals surface area (Å²) in [7, 11) is 0. The molecule has 5 nitrogen and oxygen atoms in total. The van der Waals surface area contributed by atoms with Crippen molar-refractivity contribution < 1.29 is 0 Å². The van der Waals surface area contributed by atoms with Crippen LogP contribution in [0.4, 0.5) is 5.69 Å². The Balaban J connectivity index is 1.95. The van der Waals surface area contributed by atoms with Crippen LogP contribution in [0.25, 0.3) is 11.4 Å². The number of anilines is 1. The normalized spacial score (nSPS) is 17.0. The summed E-state index contributed by atoms with van der Waals surface area (Å²) in [5.74, 6) is 0.754. The van der Waals surface area contributed by atoms with Crippen LogP contribution in [0.15, 0.2) is 24.8 Å². The standard InChI is InChI=1S/C12H15N5/c1-8(9-2-3-9)17-7-10(13)12(16-17)11-6-14-4-5-15-11/h4-9H,2-3,13H2,1H3. The fourth-order valence-electron chi connectivity index (χ4n) is 2.03. The maximum absolute atomic E-state index is 5.98. The van der Waals surface area contributed by atoms with E-state index >= 15 is 0 Å². The first-order valence-corrected chi connectivity index (χ1v) is 5.86. The lowest BCUT2D eigenvalue weighted by molar-refractivity contribution is 0.441. The van der Waals surface area contributed by atoms with Crippen LogP contribution in [0.2, 0.25) is 0 Å². The average molecular weight is 229 g/mol. The lowest BCUT2D eigenvalue weighted by atomic mass is 10.2. The Bertz CT molecular complexity index is 515. The van der Waals surface area contributed by atoms with Crippen LogP contribution < -0.4 is 5.73 Å². The molecular weight excluding hydrogens is 214 g/mol. The Morgan fingerprint density at radius 2 is 2.24 bits per heavy atom. The van der Waals surface area contributed by atoms with Crippen molar-refractivity contribution in [3.8, 4) is 11.4 Å². The molecule has 1 atom stereocenters. The Kier molecular flexibility index (Phi) is 2.31. The first-order chi connectivity index (χ1) is 8.25. The lowest BCUT2D eigenvalue weighted by Gasteiger charge is -2.09. The van der Waals surface area contributed by atoms with Gasteiger partial charge in [-0.15, -0.1) is 0 Å². The number of hydrogen-bond donors (Lipinski definition) is 1. The summed E-state index contributed by atoms with van der Waals surface area (Å²) < 4.78 is 1.96. The molecule has 2 heterocycles. The van der Waals surface area contributed by atoms with E-state index in [4.69, 9.17) is 5.73 Å². The van der Waals surface area contributed by atoms with Gasteiger partial charge in [0.15, 0.2) is 0 Å². The molecular formula is C12H15N5. The molecule has 1 unspecified atom stereocenters. The third kappa shape index (κ3) is 1.88. The van der Waals surface area contributed by atoms with Crippen LogP contribution in [0.3, 0.4) is 0 Å². The van der Waals surface area contributed by atoms with E-state index in [1.807, 2.05) is 10.9 Å². The molecule has 0 aromatic carbocycles. The van der Waals surface area contributed by atoms with Crippen LogP contribution in [0.1, 0.15) is 25.8 Å². The smallest absolute Gasteiger partial charge is 0.135 e. The molecule has 0 amide bonds. The minimum atomic E-state index is 0.419. The van der Waals surface area contributed by atoms with Crippen molar-refractivity contribution in [2.75, 3.05) is 5.73 Å². The van der Waals surface area contributed by atoms with Gasteiger partial charge >= 0.3 is 0 Å². The van der Waals surface area contributed by atoms with Gasteiger partial charge in [0.2, 0.25) is 0 Å². The second-order valence-electron chi connectivity index (χ2n) is 4.58. The summed E-state index contributed by atoms with van der Waals surface area (Å²) >= 11 is 0. The van der Waals surface area contributed by atoms with Crippen molar-refractivity contribution in [3.05, 3.63) is 24.8 Å². The zero-order chi connectivity index (χ0) is 11.8. The highest BCUT2D eigenvalue weighted by molar-refractivity contribution is 5.68. The van der Waals surface area contributed by atoms with Crippen molar-refractivity contribution in [3.63, 3.8) is 0 Å². The summed E-state index contributed by atoms with van der Waals surface area (Å²) in [6, 6.07) is 0.419. The van der Waals surface area contributed by atoms with Crippen molar-refractivity contribution in [2.45, 2.75) is 25.8 Å². The van der Waals surface area contributed by atoms with Gasteiger partial charge in [0, 0.05) is 18.6 Å². The van der Waals surface area contributed by atoms with Crippen molar-refractivity contribution in [1.82, 2.24) is 19.7 Å². The van der Waals surface area contributed by atoms with E-state index in [1.54, 1.807) is 18.6 Å². The number of nitrogens with zero attached hydrogens (tertiary/aromatic N) is 4. The van der Waals surface area contributed by atoms with Crippen LogP contribution in [-0.2, 0) is 0 Å². The number of rotatable bonds is 3. The second kappa shape index (κ2) is 3.84. The van der Waals surface area contributed by atoms with Gasteiger partial charge in [-0.3, -0.25) is 14.6 Å². The molecule has 1 fully saturated rings. The van der Waals surface area contributed by atoms with Gasteiger partial charge in [0.1, 0.15) is 11.4 Å². The summed E-state index contributed by atoms with van der Waals surface area (Å²) in [5.41, 5.74) is 8.10. The SMILES string of the molecule is CC(C1CC1)n1cc(N)c(-c2cnccn2)n1. The third-order valence-corrected chi connectivity index (χ3v) is 3.29. The predicted molar refractivity (Wildman–Crippen MR) is 65.1 cm³/mol. The van der Waals surface area contributed by atoms with Gasteiger partial charge in [-0.1, -0.05) is 0 Å². The van der Waals surface area contributed by atoms with E-state index in [0.717, 1.165) is 17.3 Å². The molecule has 0 radical (unpaired) electrons. The van der Waals surface area contributed by atoms with Crippen LogP contribution in [0.5, 0.6) is 0 Å². The molecule has 0 bridgehead atoms. The summed E-state index contributed by atoms with van der Waals surface area (Å²) in [6.45, 7) is 2.19. The molecule has 1 aliphatic carbocycles. The van der Waals surface area contributed by atoms with E-state index in [9.17, 15) is 0 Å². The highest BCUT2D eigenvalue weighted by Crippen LogP contribution is 2.39. The van der Waals surface area contributed by atoms with E-state index < -0.39 is 0 Å². The van der Waals surface area contributed by atoms with Crippen molar-refractivity contribution in [1.29, 1.82) is 0 Å². The van der Waals surface area contributed by atoms with Gasteiger partial charge < -0.3 is 5.73 Å². The number of aromatic nitrogens is 4. The largest absolute Gasteiger partial charge is 0.396 e. The molecule has 2 aromatic heterocycles. The molecule has 3 rings (SSSR count). The number of nitrogen functional groups attached to an aromatic ring is 1. The fraction of sp³-hybridized carbons (Fsp3) is 0.417. The van der Waals surface area contributed by atoms with E-state index in [-0.39, 0.29) is 0 Å². The topological polar surface area (TPSA) is 69.6 Å². The molecule has 1 aliphatic rings. The van der Waals surface area contributed by atoms with Crippen LogP contribution in [-0.4, -0.2) is 19.7 Å². The Hall–Kier alpha value is -1.91. The van der Waals surface area contributed by atoms with E-state index in [1.165, 1.54) is 12.8 Å². The van der Waals surface area contributed by atoms with Crippen LogP contribution in [0, 0.1) is 5.92 Å². The van der Waals surface area contributed by atoms with Crippen molar-refractivity contribution >= 4 is 5.69 Å². The average Bonchev–Trinajstić information content (AvgIpc) is 3.13.